The lowest BCUT2D eigenvalue weighted by Gasteiger charge is -2.32. The first-order valence-electron chi connectivity index (χ1n) is 12.1. The van der Waals surface area contributed by atoms with Crippen molar-refractivity contribution in [2.75, 3.05) is 13.1 Å². The second-order valence-electron chi connectivity index (χ2n) is 9.78. The van der Waals surface area contributed by atoms with Gasteiger partial charge in [0.15, 0.2) is 0 Å². The van der Waals surface area contributed by atoms with E-state index in [4.69, 9.17) is 9.31 Å². The maximum atomic E-state index is 14.5. The predicted octanol–water partition coefficient (Wildman–Crippen LogP) is 5.73. The minimum Gasteiger partial charge on any atom is -0.399 e. The summed E-state index contributed by atoms with van der Waals surface area (Å²) in [6.45, 7) is 13.6. The zero-order chi connectivity index (χ0) is 23.1. The SMILES string of the molecule is CCCCCCN(CCCCCC)C(=O)c1cc(F)cc(B2OC(C)(C)C(C)(C)O2)c1. The van der Waals surface area contributed by atoms with Crippen LogP contribution >= 0.6 is 0 Å². The van der Waals surface area contributed by atoms with Gasteiger partial charge in [-0.15, -0.1) is 0 Å². The van der Waals surface area contributed by atoms with E-state index < -0.39 is 24.1 Å². The summed E-state index contributed by atoms with van der Waals surface area (Å²) in [5.41, 5.74) is -0.105. The Hall–Kier alpha value is -1.40. The lowest BCUT2D eigenvalue weighted by molar-refractivity contribution is 0.00578. The van der Waals surface area contributed by atoms with Crippen LogP contribution in [-0.2, 0) is 9.31 Å². The van der Waals surface area contributed by atoms with Gasteiger partial charge in [0.25, 0.3) is 5.91 Å². The number of unbranched alkanes of at least 4 members (excludes halogenated alkanes) is 6. The van der Waals surface area contributed by atoms with Crippen LogP contribution in [0.5, 0.6) is 0 Å². The summed E-state index contributed by atoms with van der Waals surface area (Å²) in [5, 5.41) is 0. The molecule has 1 fully saturated rings. The number of nitrogens with zero attached hydrogens (tertiary/aromatic N) is 1. The number of rotatable bonds is 12. The van der Waals surface area contributed by atoms with Gasteiger partial charge >= 0.3 is 7.12 Å². The third kappa shape index (κ3) is 7.05. The Morgan fingerprint density at radius 1 is 0.871 bits per heavy atom. The van der Waals surface area contributed by atoms with Gasteiger partial charge in [-0.25, -0.2) is 4.39 Å². The van der Waals surface area contributed by atoms with Crippen LogP contribution in [0.15, 0.2) is 18.2 Å². The number of amides is 1. The Morgan fingerprint density at radius 3 is 1.87 bits per heavy atom. The molecule has 1 amide bonds. The summed E-state index contributed by atoms with van der Waals surface area (Å²) in [6, 6.07) is 4.48. The van der Waals surface area contributed by atoms with Gasteiger partial charge in [-0.3, -0.25) is 4.79 Å². The van der Waals surface area contributed by atoms with Crippen molar-refractivity contribution in [1.29, 1.82) is 0 Å². The fourth-order valence-corrected chi connectivity index (χ4v) is 3.81. The zero-order valence-electron chi connectivity index (χ0n) is 20.4. The van der Waals surface area contributed by atoms with Gasteiger partial charge < -0.3 is 14.2 Å². The van der Waals surface area contributed by atoms with Crippen molar-refractivity contribution in [2.24, 2.45) is 0 Å². The second kappa shape index (κ2) is 11.5. The van der Waals surface area contributed by atoms with Crippen LogP contribution in [0.1, 0.15) is 103 Å². The molecule has 0 unspecified atom stereocenters. The summed E-state index contributed by atoms with van der Waals surface area (Å²) in [4.78, 5) is 15.2. The molecule has 2 rings (SSSR count). The van der Waals surface area contributed by atoms with Crippen LogP contribution in [0.2, 0.25) is 0 Å². The highest BCUT2D eigenvalue weighted by atomic mass is 19.1. The third-order valence-electron chi connectivity index (χ3n) is 6.54. The van der Waals surface area contributed by atoms with E-state index in [0.29, 0.717) is 24.1 Å². The molecule has 1 aliphatic heterocycles. The van der Waals surface area contributed by atoms with E-state index in [1.807, 2.05) is 32.6 Å². The van der Waals surface area contributed by atoms with Crippen molar-refractivity contribution in [3.63, 3.8) is 0 Å². The van der Waals surface area contributed by atoms with E-state index in [1.165, 1.54) is 25.0 Å². The molecule has 1 aromatic rings. The smallest absolute Gasteiger partial charge is 0.399 e. The number of hydrogen-bond donors (Lipinski definition) is 0. The van der Waals surface area contributed by atoms with Crippen molar-refractivity contribution < 1.29 is 18.5 Å². The summed E-state index contributed by atoms with van der Waals surface area (Å²) in [5.74, 6) is -0.544. The Bertz CT molecular complexity index is 695. The van der Waals surface area contributed by atoms with E-state index in [2.05, 4.69) is 13.8 Å². The van der Waals surface area contributed by atoms with E-state index in [-0.39, 0.29) is 5.91 Å². The molecule has 1 heterocycles. The largest absolute Gasteiger partial charge is 0.494 e. The standard InChI is InChI=1S/C25H41BFNO3/c1-7-9-11-13-15-28(16-14-12-10-8-2)23(29)20-17-21(19-22(27)18-20)26-30-24(3,4)25(5,6)31-26/h17-19H,7-16H2,1-6H3. The normalized spacial score (nSPS) is 17.2. The number of hydrogen-bond acceptors (Lipinski definition) is 3. The molecule has 0 N–H and O–H groups in total. The van der Waals surface area contributed by atoms with Crippen molar-refractivity contribution in [2.45, 2.75) is 104 Å². The molecule has 1 aromatic carbocycles. The van der Waals surface area contributed by atoms with Crippen molar-refractivity contribution in [3.8, 4) is 0 Å². The van der Waals surface area contributed by atoms with E-state index in [1.54, 1.807) is 6.07 Å². The zero-order valence-corrected chi connectivity index (χ0v) is 20.4. The maximum Gasteiger partial charge on any atom is 0.494 e. The van der Waals surface area contributed by atoms with Gasteiger partial charge in [0.1, 0.15) is 5.82 Å². The number of halogens is 1. The molecule has 0 saturated carbocycles. The lowest BCUT2D eigenvalue weighted by atomic mass is 9.78. The quantitative estimate of drug-likeness (QED) is 0.312. The van der Waals surface area contributed by atoms with Crippen LogP contribution in [-0.4, -0.2) is 42.2 Å². The molecule has 1 aliphatic rings. The molecule has 6 heteroatoms. The van der Waals surface area contributed by atoms with E-state index >= 15 is 0 Å². The lowest BCUT2D eigenvalue weighted by Crippen LogP contribution is -2.41. The highest BCUT2D eigenvalue weighted by Crippen LogP contribution is 2.36. The number of carbonyl (C=O) groups is 1. The average molecular weight is 433 g/mol. The molecule has 0 atom stereocenters. The molecule has 0 radical (unpaired) electrons. The molecular weight excluding hydrogens is 392 g/mol. The van der Waals surface area contributed by atoms with Gasteiger partial charge in [-0.05, 0) is 64.2 Å². The van der Waals surface area contributed by atoms with E-state index in [9.17, 15) is 9.18 Å². The number of carbonyl (C=O) groups excluding carboxylic acids is 1. The third-order valence-corrected chi connectivity index (χ3v) is 6.54. The average Bonchev–Trinajstić information content (AvgIpc) is 2.93. The molecule has 0 bridgehead atoms. The van der Waals surface area contributed by atoms with Crippen molar-refractivity contribution >= 4 is 18.5 Å². The maximum absolute atomic E-state index is 14.5. The first-order chi connectivity index (χ1) is 14.6. The van der Waals surface area contributed by atoms with Gasteiger partial charge in [0.2, 0.25) is 0 Å². The summed E-state index contributed by atoms with van der Waals surface area (Å²) in [7, 11) is -0.685. The van der Waals surface area contributed by atoms with Gasteiger partial charge in [0.05, 0.1) is 11.2 Å². The van der Waals surface area contributed by atoms with Crippen molar-refractivity contribution in [3.05, 3.63) is 29.6 Å². The van der Waals surface area contributed by atoms with Crippen molar-refractivity contribution in [1.82, 2.24) is 4.90 Å². The molecule has 0 aromatic heterocycles. The van der Waals surface area contributed by atoms with Crippen LogP contribution in [0.25, 0.3) is 0 Å². The van der Waals surface area contributed by atoms with Crippen LogP contribution in [0, 0.1) is 5.82 Å². The second-order valence-corrected chi connectivity index (χ2v) is 9.78. The molecule has 0 spiro atoms. The summed E-state index contributed by atoms with van der Waals surface area (Å²) < 4.78 is 26.7. The van der Waals surface area contributed by atoms with Gasteiger partial charge in [-0.2, -0.15) is 0 Å². The van der Waals surface area contributed by atoms with Crippen LogP contribution in [0.4, 0.5) is 4.39 Å². The Morgan fingerprint density at radius 2 is 1.39 bits per heavy atom. The first-order valence-corrected chi connectivity index (χ1v) is 12.1. The monoisotopic (exact) mass is 433 g/mol. The van der Waals surface area contributed by atoms with Crippen LogP contribution < -0.4 is 5.46 Å². The molecular formula is C25H41BFNO3. The minimum atomic E-state index is -0.685. The molecule has 0 aliphatic carbocycles. The number of benzene rings is 1. The molecule has 31 heavy (non-hydrogen) atoms. The van der Waals surface area contributed by atoms with Crippen LogP contribution in [0.3, 0.4) is 0 Å². The molecule has 4 nitrogen and oxygen atoms in total. The fourth-order valence-electron chi connectivity index (χ4n) is 3.81. The Labute approximate surface area is 189 Å². The van der Waals surface area contributed by atoms with Gasteiger partial charge in [0, 0.05) is 18.7 Å². The highest BCUT2D eigenvalue weighted by Gasteiger charge is 2.51. The summed E-state index contributed by atoms with van der Waals surface area (Å²) >= 11 is 0. The molecule has 174 valence electrons. The fraction of sp³-hybridized carbons (Fsp3) is 0.720. The highest BCUT2D eigenvalue weighted by molar-refractivity contribution is 6.62. The Balaban J connectivity index is 2.17. The first kappa shape index (κ1) is 25.9. The molecule has 1 saturated heterocycles. The van der Waals surface area contributed by atoms with Gasteiger partial charge in [-0.1, -0.05) is 52.4 Å². The van der Waals surface area contributed by atoms with E-state index in [0.717, 1.165) is 38.5 Å². The summed E-state index contributed by atoms with van der Waals surface area (Å²) in [6.07, 6.45) is 8.83. The topological polar surface area (TPSA) is 38.8 Å². The Kier molecular flexibility index (Phi) is 9.56. The predicted molar refractivity (Wildman–Crippen MR) is 126 cm³/mol. The minimum absolute atomic E-state index is 0.106.